The zero-order valence-corrected chi connectivity index (χ0v) is 14.5. The van der Waals surface area contributed by atoms with Crippen LogP contribution in [0.2, 0.25) is 0 Å². The van der Waals surface area contributed by atoms with Gasteiger partial charge in [-0.25, -0.2) is 0 Å². The number of hydrogen-bond acceptors (Lipinski definition) is 0. The van der Waals surface area contributed by atoms with E-state index in [1.165, 1.54) is 75.3 Å². The fourth-order valence-electron chi connectivity index (χ4n) is 3.30. The lowest BCUT2D eigenvalue weighted by molar-refractivity contribution is 0.332. The topological polar surface area (TPSA) is 0 Å². The third kappa shape index (κ3) is 5.24. The Balaban J connectivity index is 1.77. The molecule has 0 bridgehead atoms. The Hall–Kier alpha value is -0.300. The van der Waals surface area contributed by atoms with Gasteiger partial charge in [-0.3, -0.25) is 0 Å². The summed E-state index contributed by atoms with van der Waals surface area (Å²) in [7, 11) is 0. The highest BCUT2D eigenvalue weighted by atomic mass is 79.9. The van der Waals surface area contributed by atoms with Crippen molar-refractivity contribution in [2.24, 2.45) is 5.92 Å². The molecule has 0 amide bonds. The van der Waals surface area contributed by atoms with Gasteiger partial charge < -0.3 is 0 Å². The highest BCUT2D eigenvalue weighted by Gasteiger charge is 2.15. The number of hydrogen-bond donors (Lipinski definition) is 0. The lowest BCUT2D eigenvalue weighted by Gasteiger charge is -2.22. The van der Waals surface area contributed by atoms with Crippen molar-refractivity contribution in [2.75, 3.05) is 0 Å². The number of aryl methyl sites for hydroxylation is 1. The fraction of sp³-hybridized carbons (Fsp3) is 0.684. The number of rotatable bonds is 7. The summed E-state index contributed by atoms with van der Waals surface area (Å²) in [6, 6.07) is 9.29. The second-order valence-corrected chi connectivity index (χ2v) is 7.50. The Morgan fingerprint density at radius 2 is 1.80 bits per heavy atom. The fourth-order valence-corrected chi connectivity index (χ4v) is 3.87. The Morgan fingerprint density at radius 1 is 1.10 bits per heavy atom. The summed E-state index contributed by atoms with van der Waals surface area (Å²) in [6.07, 6.45) is 13.8. The van der Waals surface area contributed by atoms with Gasteiger partial charge in [-0.1, -0.05) is 85.6 Å². The summed E-state index contributed by atoms with van der Waals surface area (Å²) < 4.78 is 0. The van der Waals surface area contributed by atoms with E-state index >= 15 is 0 Å². The molecule has 112 valence electrons. The van der Waals surface area contributed by atoms with Crippen LogP contribution in [0.15, 0.2) is 24.3 Å². The predicted molar refractivity (Wildman–Crippen MR) is 92.5 cm³/mol. The van der Waals surface area contributed by atoms with Gasteiger partial charge in [0, 0.05) is 4.83 Å². The van der Waals surface area contributed by atoms with Gasteiger partial charge in [-0.15, -0.1) is 0 Å². The van der Waals surface area contributed by atoms with Crippen LogP contribution >= 0.6 is 15.9 Å². The van der Waals surface area contributed by atoms with Gasteiger partial charge in [-0.2, -0.15) is 0 Å². The number of alkyl halides is 1. The van der Waals surface area contributed by atoms with E-state index in [1.54, 1.807) is 0 Å². The minimum Gasteiger partial charge on any atom is -0.0839 e. The molecular weight excluding hydrogens is 308 g/mol. The molecule has 0 N–H and O–H groups in total. The van der Waals surface area contributed by atoms with E-state index in [-0.39, 0.29) is 0 Å². The van der Waals surface area contributed by atoms with E-state index in [9.17, 15) is 0 Å². The average molecular weight is 337 g/mol. The highest BCUT2D eigenvalue weighted by molar-refractivity contribution is 9.09. The molecule has 0 saturated heterocycles. The third-order valence-corrected chi connectivity index (χ3v) is 5.70. The smallest absolute Gasteiger partial charge is 0.0395 e. The molecule has 1 aromatic carbocycles. The second kappa shape index (κ2) is 8.87. The molecule has 0 aliphatic heterocycles. The van der Waals surface area contributed by atoms with Gasteiger partial charge in [0.2, 0.25) is 0 Å². The van der Waals surface area contributed by atoms with E-state index in [0.29, 0.717) is 4.83 Å². The molecule has 0 spiro atoms. The summed E-state index contributed by atoms with van der Waals surface area (Å²) in [5.41, 5.74) is 2.95. The summed E-state index contributed by atoms with van der Waals surface area (Å²) in [5, 5.41) is 0. The van der Waals surface area contributed by atoms with Crippen molar-refractivity contribution in [1.82, 2.24) is 0 Å². The SMILES string of the molecule is CCCCc1ccc(C(Br)CCC2CCCCC2)cc1. The first-order valence-corrected chi connectivity index (χ1v) is 9.44. The van der Waals surface area contributed by atoms with E-state index < -0.39 is 0 Å². The van der Waals surface area contributed by atoms with Crippen LogP contribution in [0.4, 0.5) is 0 Å². The maximum atomic E-state index is 3.89. The molecule has 1 unspecified atom stereocenters. The predicted octanol–water partition coefficient (Wildman–Crippen LogP) is 6.83. The van der Waals surface area contributed by atoms with Gasteiger partial charge in [0.25, 0.3) is 0 Å². The minimum atomic E-state index is 0.546. The van der Waals surface area contributed by atoms with Crippen molar-refractivity contribution < 1.29 is 0 Å². The van der Waals surface area contributed by atoms with Crippen molar-refractivity contribution in [3.63, 3.8) is 0 Å². The minimum absolute atomic E-state index is 0.546. The zero-order valence-electron chi connectivity index (χ0n) is 12.9. The summed E-state index contributed by atoms with van der Waals surface area (Å²) >= 11 is 3.89. The summed E-state index contributed by atoms with van der Waals surface area (Å²) in [6.45, 7) is 2.26. The van der Waals surface area contributed by atoms with E-state index in [1.807, 2.05) is 0 Å². The van der Waals surface area contributed by atoms with Gasteiger partial charge in [0.1, 0.15) is 0 Å². The van der Waals surface area contributed by atoms with Gasteiger partial charge in [0.15, 0.2) is 0 Å². The molecule has 0 aromatic heterocycles. The van der Waals surface area contributed by atoms with E-state index in [4.69, 9.17) is 0 Å². The van der Waals surface area contributed by atoms with E-state index in [0.717, 1.165) is 5.92 Å². The van der Waals surface area contributed by atoms with Crippen LogP contribution in [-0.4, -0.2) is 0 Å². The van der Waals surface area contributed by atoms with Crippen LogP contribution in [0.5, 0.6) is 0 Å². The number of benzene rings is 1. The Kier molecular flexibility index (Phi) is 7.13. The summed E-state index contributed by atoms with van der Waals surface area (Å²) in [5.74, 6) is 0.993. The summed E-state index contributed by atoms with van der Waals surface area (Å²) in [4.78, 5) is 0.546. The quantitative estimate of drug-likeness (QED) is 0.479. The Morgan fingerprint density at radius 3 is 2.45 bits per heavy atom. The van der Waals surface area contributed by atoms with Crippen LogP contribution < -0.4 is 0 Å². The molecule has 1 atom stereocenters. The van der Waals surface area contributed by atoms with Crippen LogP contribution in [0.3, 0.4) is 0 Å². The molecule has 1 heteroatoms. The molecule has 20 heavy (non-hydrogen) atoms. The Bertz CT molecular complexity index is 362. The first kappa shape index (κ1) is 16.1. The molecule has 1 aromatic rings. The van der Waals surface area contributed by atoms with Crippen molar-refractivity contribution in [3.8, 4) is 0 Å². The maximum absolute atomic E-state index is 3.89. The normalized spacial score (nSPS) is 18.1. The first-order valence-electron chi connectivity index (χ1n) is 8.52. The lowest BCUT2D eigenvalue weighted by Crippen LogP contribution is -2.07. The van der Waals surface area contributed by atoms with Gasteiger partial charge in [0.05, 0.1) is 0 Å². The highest BCUT2D eigenvalue weighted by Crippen LogP contribution is 2.34. The molecule has 1 aliphatic carbocycles. The molecule has 2 rings (SSSR count). The van der Waals surface area contributed by atoms with Crippen molar-refractivity contribution >= 4 is 15.9 Å². The van der Waals surface area contributed by atoms with Crippen LogP contribution in [-0.2, 0) is 6.42 Å². The molecule has 0 radical (unpaired) electrons. The van der Waals surface area contributed by atoms with Crippen LogP contribution in [0, 0.1) is 5.92 Å². The molecule has 0 nitrogen and oxygen atoms in total. The maximum Gasteiger partial charge on any atom is 0.0395 e. The second-order valence-electron chi connectivity index (χ2n) is 6.39. The monoisotopic (exact) mass is 336 g/mol. The number of unbranched alkanes of at least 4 members (excludes halogenated alkanes) is 1. The standard InChI is InChI=1S/C19H29Br/c1-2-3-7-17-10-13-18(14-11-17)19(20)15-12-16-8-5-4-6-9-16/h10-11,13-14,16,19H,2-9,12,15H2,1H3. The molecule has 0 heterocycles. The van der Waals surface area contributed by atoms with E-state index in [2.05, 4.69) is 47.1 Å². The van der Waals surface area contributed by atoms with Crippen LogP contribution in [0.25, 0.3) is 0 Å². The van der Waals surface area contributed by atoms with Gasteiger partial charge in [-0.05, 0) is 42.7 Å². The molecule has 1 aliphatic rings. The largest absolute Gasteiger partial charge is 0.0839 e. The average Bonchev–Trinajstić information content (AvgIpc) is 2.52. The molecule has 1 saturated carbocycles. The van der Waals surface area contributed by atoms with Crippen molar-refractivity contribution in [1.29, 1.82) is 0 Å². The molecular formula is C19H29Br. The lowest BCUT2D eigenvalue weighted by atomic mass is 9.85. The third-order valence-electron chi connectivity index (χ3n) is 4.71. The first-order chi connectivity index (χ1) is 9.79. The van der Waals surface area contributed by atoms with Crippen LogP contribution in [0.1, 0.15) is 80.7 Å². The Labute approximate surface area is 133 Å². The van der Waals surface area contributed by atoms with Gasteiger partial charge >= 0.3 is 0 Å². The zero-order chi connectivity index (χ0) is 14.2. The number of halogens is 1. The molecule has 1 fully saturated rings. The van der Waals surface area contributed by atoms with Crippen molar-refractivity contribution in [3.05, 3.63) is 35.4 Å². The van der Waals surface area contributed by atoms with Crippen molar-refractivity contribution in [2.45, 2.75) is 76.0 Å².